The van der Waals surface area contributed by atoms with E-state index in [0.29, 0.717) is 17.9 Å². The fraction of sp³-hybridized carbons (Fsp3) is 0.632. The Kier molecular flexibility index (Phi) is 11.9. The largest absolute Gasteiger partial charge is 0.496 e. The van der Waals surface area contributed by atoms with Crippen LogP contribution in [0.4, 0.5) is 0 Å². The summed E-state index contributed by atoms with van der Waals surface area (Å²) >= 11 is 0. The summed E-state index contributed by atoms with van der Waals surface area (Å²) in [4.78, 5) is 13.8. The minimum Gasteiger partial charge on any atom is -0.496 e. The summed E-state index contributed by atoms with van der Waals surface area (Å²) in [6.45, 7) is 10.5. The Morgan fingerprint density at radius 1 is 1.25 bits per heavy atom. The highest BCUT2D eigenvalue weighted by atomic mass is 16.5. The van der Waals surface area contributed by atoms with Crippen molar-refractivity contribution in [3.63, 3.8) is 0 Å². The summed E-state index contributed by atoms with van der Waals surface area (Å²) in [5.74, 6) is 0.301. The van der Waals surface area contributed by atoms with Crippen LogP contribution in [-0.4, -0.2) is 49.4 Å². The van der Waals surface area contributed by atoms with Crippen molar-refractivity contribution in [3.05, 3.63) is 29.3 Å². The molecule has 0 aliphatic carbocycles. The first-order valence-electron chi connectivity index (χ1n) is 8.58. The van der Waals surface area contributed by atoms with Gasteiger partial charge in [-0.15, -0.1) is 0 Å². The molecular weight excluding hydrogens is 306 g/mol. The number of carbonyl (C=O) groups excluding carboxylic acids is 1. The van der Waals surface area contributed by atoms with E-state index in [0.717, 1.165) is 25.1 Å². The highest BCUT2D eigenvalue weighted by Gasteiger charge is 2.13. The van der Waals surface area contributed by atoms with Crippen LogP contribution in [0.25, 0.3) is 0 Å². The number of methoxy groups -OCH3 is 2. The standard InChI is InChI=1S/C16H25NO4.C3H8/c1-5-17(9-8-12(2)18)11-14-7-6-13(16(19)21-4)10-15(14)20-3;1-3-2/h6-7,10,12,18H,5,8-9,11H2,1-4H3;3H2,1-2H3. The van der Waals surface area contributed by atoms with Crippen molar-refractivity contribution < 1.29 is 19.4 Å². The van der Waals surface area contributed by atoms with E-state index in [9.17, 15) is 9.90 Å². The molecule has 1 aromatic rings. The molecule has 0 spiro atoms. The van der Waals surface area contributed by atoms with Crippen LogP contribution in [0.2, 0.25) is 0 Å². The van der Waals surface area contributed by atoms with Gasteiger partial charge in [0.2, 0.25) is 0 Å². The maximum Gasteiger partial charge on any atom is 0.337 e. The number of aliphatic hydroxyl groups excluding tert-OH is 1. The second kappa shape index (κ2) is 12.8. The van der Waals surface area contributed by atoms with Crippen molar-refractivity contribution in [3.8, 4) is 5.75 Å². The lowest BCUT2D eigenvalue weighted by molar-refractivity contribution is 0.0600. The van der Waals surface area contributed by atoms with Crippen LogP contribution in [0.3, 0.4) is 0 Å². The van der Waals surface area contributed by atoms with Crippen LogP contribution in [0.1, 0.15) is 56.5 Å². The molecule has 24 heavy (non-hydrogen) atoms. The molecule has 138 valence electrons. The van der Waals surface area contributed by atoms with Crippen molar-refractivity contribution in [1.29, 1.82) is 0 Å². The minimum absolute atomic E-state index is 0.303. The Balaban J connectivity index is 0.00000163. The van der Waals surface area contributed by atoms with Gasteiger partial charge in [-0.05, 0) is 32.0 Å². The number of hydrogen-bond acceptors (Lipinski definition) is 5. The van der Waals surface area contributed by atoms with Crippen molar-refractivity contribution in [2.75, 3.05) is 27.3 Å². The van der Waals surface area contributed by atoms with Crippen molar-refractivity contribution >= 4 is 5.97 Å². The predicted molar refractivity (Wildman–Crippen MR) is 97.5 cm³/mol. The molecule has 0 aliphatic rings. The molecule has 0 heterocycles. The van der Waals surface area contributed by atoms with Gasteiger partial charge in [0.1, 0.15) is 5.75 Å². The van der Waals surface area contributed by atoms with Crippen molar-refractivity contribution in [2.24, 2.45) is 0 Å². The maximum atomic E-state index is 11.5. The summed E-state index contributed by atoms with van der Waals surface area (Å²) in [5.41, 5.74) is 1.49. The first-order valence-corrected chi connectivity index (χ1v) is 8.58. The average Bonchev–Trinajstić information content (AvgIpc) is 2.58. The zero-order chi connectivity index (χ0) is 18.5. The lowest BCUT2D eigenvalue weighted by atomic mass is 10.1. The molecule has 0 amide bonds. The van der Waals surface area contributed by atoms with Gasteiger partial charge in [-0.3, -0.25) is 4.90 Å². The lowest BCUT2D eigenvalue weighted by Gasteiger charge is -2.22. The van der Waals surface area contributed by atoms with E-state index >= 15 is 0 Å². The van der Waals surface area contributed by atoms with E-state index in [1.807, 2.05) is 6.07 Å². The molecule has 1 N–H and O–H groups in total. The molecule has 0 aliphatic heterocycles. The molecule has 5 heteroatoms. The zero-order valence-corrected chi connectivity index (χ0v) is 16.0. The summed E-state index contributed by atoms with van der Waals surface area (Å²) in [5, 5.41) is 9.39. The molecule has 0 aromatic heterocycles. The smallest absolute Gasteiger partial charge is 0.337 e. The van der Waals surface area contributed by atoms with Gasteiger partial charge in [-0.2, -0.15) is 0 Å². The van der Waals surface area contributed by atoms with Crippen molar-refractivity contribution in [1.82, 2.24) is 4.90 Å². The van der Waals surface area contributed by atoms with E-state index in [4.69, 9.17) is 9.47 Å². The van der Waals surface area contributed by atoms with Gasteiger partial charge in [0, 0.05) is 18.7 Å². The third-order valence-electron chi connectivity index (χ3n) is 3.41. The van der Waals surface area contributed by atoms with Crippen LogP contribution in [-0.2, 0) is 11.3 Å². The van der Waals surface area contributed by atoms with E-state index in [1.54, 1.807) is 26.2 Å². The third kappa shape index (κ3) is 8.31. The SMILES string of the molecule is CCC.CCN(CCC(C)O)Cc1ccc(C(=O)OC)cc1OC. The third-order valence-corrected chi connectivity index (χ3v) is 3.41. The first-order chi connectivity index (χ1) is 11.4. The van der Waals surface area contributed by atoms with Crippen molar-refractivity contribution in [2.45, 2.75) is 53.2 Å². The molecule has 1 rings (SSSR count). The van der Waals surface area contributed by atoms with Gasteiger partial charge >= 0.3 is 5.97 Å². The number of carbonyl (C=O) groups is 1. The normalized spacial score (nSPS) is 11.5. The molecule has 1 atom stereocenters. The van der Waals surface area contributed by atoms with E-state index in [1.165, 1.54) is 13.5 Å². The Morgan fingerprint density at radius 3 is 2.33 bits per heavy atom. The van der Waals surface area contributed by atoms with Gasteiger partial charge in [-0.1, -0.05) is 33.3 Å². The second-order valence-corrected chi connectivity index (χ2v) is 5.73. The molecule has 0 radical (unpaired) electrons. The van der Waals surface area contributed by atoms with Gasteiger partial charge in [0.25, 0.3) is 0 Å². The topological polar surface area (TPSA) is 59.0 Å². The molecule has 0 bridgehead atoms. The predicted octanol–water partition coefficient (Wildman–Crippen LogP) is 3.49. The highest BCUT2D eigenvalue weighted by molar-refractivity contribution is 5.89. The highest BCUT2D eigenvalue weighted by Crippen LogP contribution is 2.22. The molecule has 0 saturated heterocycles. The van der Waals surface area contributed by atoms with Crippen LogP contribution in [0.15, 0.2) is 18.2 Å². The molecule has 1 aromatic carbocycles. The van der Waals surface area contributed by atoms with Gasteiger partial charge in [0.15, 0.2) is 0 Å². The summed E-state index contributed by atoms with van der Waals surface area (Å²) in [7, 11) is 2.95. The molecule has 0 saturated carbocycles. The number of benzene rings is 1. The molecular formula is C19H33NO4. The summed E-state index contributed by atoms with van der Waals surface area (Å²) in [6.07, 6.45) is 1.68. The molecule has 1 unspecified atom stereocenters. The van der Waals surface area contributed by atoms with Crippen LogP contribution in [0, 0.1) is 0 Å². The minimum atomic E-state index is -0.374. The Labute approximate surface area is 146 Å². The lowest BCUT2D eigenvalue weighted by Crippen LogP contribution is -2.26. The van der Waals surface area contributed by atoms with Crippen LogP contribution < -0.4 is 4.74 Å². The van der Waals surface area contributed by atoms with Crippen LogP contribution >= 0.6 is 0 Å². The second-order valence-electron chi connectivity index (χ2n) is 5.73. The Hall–Kier alpha value is -1.59. The van der Waals surface area contributed by atoms with E-state index in [2.05, 4.69) is 25.7 Å². The summed E-state index contributed by atoms with van der Waals surface area (Å²) < 4.78 is 10.1. The van der Waals surface area contributed by atoms with Gasteiger partial charge < -0.3 is 14.6 Å². The summed E-state index contributed by atoms with van der Waals surface area (Å²) in [6, 6.07) is 5.33. The number of nitrogens with zero attached hydrogens (tertiary/aromatic N) is 1. The fourth-order valence-electron chi connectivity index (χ4n) is 2.08. The zero-order valence-electron chi connectivity index (χ0n) is 16.0. The fourth-order valence-corrected chi connectivity index (χ4v) is 2.08. The number of aliphatic hydroxyl groups is 1. The average molecular weight is 339 g/mol. The quantitative estimate of drug-likeness (QED) is 0.735. The number of ether oxygens (including phenoxy) is 2. The molecule has 0 fully saturated rings. The number of hydrogen-bond donors (Lipinski definition) is 1. The first kappa shape index (κ1) is 22.4. The monoisotopic (exact) mass is 339 g/mol. The number of rotatable bonds is 8. The number of esters is 1. The van der Waals surface area contributed by atoms with Crippen LogP contribution in [0.5, 0.6) is 5.75 Å². The molecule has 5 nitrogen and oxygen atoms in total. The van der Waals surface area contributed by atoms with Gasteiger partial charge in [0.05, 0.1) is 25.9 Å². The van der Waals surface area contributed by atoms with Gasteiger partial charge in [-0.25, -0.2) is 4.79 Å². The maximum absolute atomic E-state index is 11.5. The van der Waals surface area contributed by atoms with E-state index in [-0.39, 0.29) is 12.1 Å². The Morgan fingerprint density at radius 2 is 1.88 bits per heavy atom. The Bertz CT molecular complexity index is 474. The van der Waals surface area contributed by atoms with E-state index < -0.39 is 0 Å².